The lowest BCUT2D eigenvalue weighted by atomic mass is 10.2. The molecule has 0 aliphatic carbocycles. The van der Waals surface area contributed by atoms with Gasteiger partial charge in [0.05, 0.1) is 16.4 Å². The summed E-state index contributed by atoms with van der Waals surface area (Å²) in [4.78, 5) is 33.9. The van der Waals surface area contributed by atoms with Crippen LogP contribution in [-0.2, 0) is 4.74 Å². The van der Waals surface area contributed by atoms with Gasteiger partial charge in [-0.15, -0.1) is 0 Å². The molecule has 2 rings (SSSR count). The van der Waals surface area contributed by atoms with Crippen molar-refractivity contribution >= 4 is 22.6 Å². The topological polar surface area (TPSA) is 99.7 Å². The Morgan fingerprint density at radius 3 is 2.52 bits per heavy atom. The molecular formula is C14H13NO6. The number of benzene rings is 1. The van der Waals surface area contributed by atoms with Gasteiger partial charge in [-0.1, -0.05) is 0 Å². The van der Waals surface area contributed by atoms with Gasteiger partial charge >= 0.3 is 5.97 Å². The van der Waals surface area contributed by atoms with Gasteiger partial charge < -0.3 is 9.15 Å². The number of rotatable bonds is 2. The molecule has 0 aliphatic heterocycles. The predicted octanol–water partition coefficient (Wildman–Crippen LogP) is 2.66. The third kappa shape index (κ3) is 3.25. The summed E-state index contributed by atoms with van der Waals surface area (Å²) in [5.74, 6) is -1.09. The molecule has 0 bridgehead atoms. The van der Waals surface area contributed by atoms with Crippen LogP contribution in [0.5, 0.6) is 0 Å². The van der Waals surface area contributed by atoms with Crippen molar-refractivity contribution in [3.05, 3.63) is 50.4 Å². The minimum Gasteiger partial charge on any atom is -0.454 e. The molecule has 0 N–H and O–H groups in total. The second kappa shape index (κ2) is 5.01. The van der Waals surface area contributed by atoms with E-state index >= 15 is 0 Å². The predicted molar refractivity (Wildman–Crippen MR) is 74.3 cm³/mol. The molecule has 7 heteroatoms. The van der Waals surface area contributed by atoms with E-state index in [0.29, 0.717) is 0 Å². The van der Waals surface area contributed by atoms with Crippen molar-refractivity contribution in [2.24, 2.45) is 0 Å². The van der Waals surface area contributed by atoms with Crippen LogP contribution in [0.2, 0.25) is 0 Å². The van der Waals surface area contributed by atoms with Crippen molar-refractivity contribution in [3.8, 4) is 0 Å². The lowest BCUT2D eigenvalue weighted by molar-refractivity contribution is -0.384. The Morgan fingerprint density at radius 2 is 1.95 bits per heavy atom. The molecule has 0 amide bonds. The number of nitro benzene ring substituents is 1. The Labute approximate surface area is 119 Å². The number of hydrogen-bond acceptors (Lipinski definition) is 6. The summed E-state index contributed by atoms with van der Waals surface area (Å²) < 4.78 is 10.4. The third-order valence-corrected chi connectivity index (χ3v) is 2.52. The highest BCUT2D eigenvalue weighted by Gasteiger charge is 2.21. The molecule has 0 radical (unpaired) electrons. The van der Waals surface area contributed by atoms with Crippen molar-refractivity contribution in [2.45, 2.75) is 26.4 Å². The van der Waals surface area contributed by atoms with Crippen LogP contribution < -0.4 is 5.43 Å². The van der Waals surface area contributed by atoms with Crippen LogP contribution >= 0.6 is 0 Å². The maximum Gasteiger partial charge on any atom is 0.374 e. The van der Waals surface area contributed by atoms with Crippen LogP contribution in [0.15, 0.2) is 33.5 Å². The maximum absolute atomic E-state index is 11.9. The van der Waals surface area contributed by atoms with Gasteiger partial charge in [-0.3, -0.25) is 14.9 Å². The molecule has 1 aromatic heterocycles. The van der Waals surface area contributed by atoms with Crippen LogP contribution in [0.4, 0.5) is 5.69 Å². The normalized spacial score (nSPS) is 11.4. The molecule has 2 aromatic rings. The minimum absolute atomic E-state index is 0.0300. The zero-order chi connectivity index (χ0) is 15.8. The summed E-state index contributed by atoms with van der Waals surface area (Å²) in [6.07, 6.45) is 0. The minimum atomic E-state index is -0.798. The zero-order valence-electron chi connectivity index (χ0n) is 11.7. The fourth-order valence-electron chi connectivity index (χ4n) is 1.69. The standard InChI is InChI=1S/C14H13NO6/c1-14(2,3)21-13(17)12-7-10(16)9-5-4-8(15(18)19)6-11(9)20-12/h4-7H,1-3H3. The molecule has 0 spiro atoms. The van der Waals surface area contributed by atoms with E-state index in [9.17, 15) is 19.7 Å². The van der Waals surface area contributed by atoms with Crippen molar-refractivity contribution in [1.82, 2.24) is 0 Å². The number of carbonyl (C=O) groups excluding carboxylic acids is 1. The van der Waals surface area contributed by atoms with Gasteiger partial charge in [-0.2, -0.15) is 0 Å². The summed E-state index contributed by atoms with van der Waals surface area (Å²) in [7, 11) is 0. The van der Waals surface area contributed by atoms with E-state index in [2.05, 4.69) is 0 Å². The lowest BCUT2D eigenvalue weighted by Crippen LogP contribution is -2.24. The van der Waals surface area contributed by atoms with Crippen molar-refractivity contribution in [3.63, 3.8) is 0 Å². The van der Waals surface area contributed by atoms with Crippen LogP contribution in [0, 0.1) is 10.1 Å². The molecule has 1 aromatic carbocycles. The Hall–Kier alpha value is -2.70. The highest BCUT2D eigenvalue weighted by Crippen LogP contribution is 2.20. The largest absolute Gasteiger partial charge is 0.454 e. The molecule has 110 valence electrons. The van der Waals surface area contributed by atoms with Gasteiger partial charge in [0.1, 0.15) is 11.2 Å². The summed E-state index contributed by atoms with van der Waals surface area (Å²) in [6.45, 7) is 5.03. The van der Waals surface area contributed by atoms with E-state index in [1.165, 1.54) is 12.1 Å². The Balaban J connectivity index is 2.55. The molecule has 7 nitrogen and oxygen atoms in total. The third-order valence-electron chi connectivity index (χ3n) is 2.52. The molecule has 1 heterocycles. The Morgan fingerprint density at radius 1 is 1.29 bits per heavy atom. The van der Waals surface area contributed by atoms with E-state index < -0.39 is 21.9 Å². The summed E-state index contributed by atoms with van der Waals surface area (Å²) >= 11 is 0. The average Bonchev–Trinajstić information content (AvgIpc) is 2.35. The number of fused-ring (bicyclic) bond motifs is 1. The number of hydrogen-bond donors (Lipinski definition) is 0. The average molecular weight is 291 g/mol. The first-order valence-corrected chi connectivity index (χ1v) is 6.13. The summed E-state index contributed by atoms with van der Waals surface area (Å²) in [5, 5.41) is 10.9. The molecule has 0 aliphatic rings. The molecule has 0 unspecified atom stereocenters. The zero-order valence-corrected chi connectivity index (χ0v) is 11.7. The molecule has 21 heavy (non-hydrogen) atoms. The van der Waals surface area contributed by atoms with Gasteiger partial charge in [0.2, 0.25) is 5.76 Å². The van der Waals surface area contributed by atoms with Gasteiger partial charge in [-0.25, -0.2) is 4.79 Å². The summed E-state index contributed by atoms with van der Waals surface area (Å²) in [5.41, 5.74) is -1.47. The second-order valence-corrected chi connectivity index (χ2v) is 5.41. The maximum atomic E-state index is 11.9. The lowest BCUT2D eigenvalue weighted by Gasteiger charge is -2.18. The van der Waals surface area contributed by atoms with Crippen LogP contribution in [0.25, 0.3) is 11.0 Å². The second-order valence-electron chi connectivity index (χ2n) is 5.41. The van der Waals surface area contributed by atoms with Crippen LogP contribution in [0.3, 0.4) is 0 Å². The van der Waals surface area contributed by atoms with Crippen molar-refractivity contribution in [2.75, 3.05) is 0 Å². The van der Waals surface area contributed by atoms with Gasteiger partial charge in [-0.05, 0) is 26.8 Å². The van der Waals surface area contributed by atoms with E-state index in [1.807, 2.05) is 0 Å². The van der Waals surface area contributed by atoms with Crippen LogP contribution in [0.1, 0.15) is 31.3 Å². The number of esters is 1. The van der Waals surface area contributed by atoms with E-state index in [4.69, 9.17) is 9.15 Å². The van der Waals surface area contributed by atoms with E-state index in [0.717, 1.165) is 12.1 Å². The SMILES string of the molecule is CC(C)(C)OC(=O)c1cc(=O)c2ccc([N+](=O)[O-])cc2o1. The Bertz CT molecular complexity index is 784. The smallest absolute Gasteiger partial charge is 0.374 e. The fourth-order valence-corrected chi connectivity index (χ4v) is 1.69. The molecule has 0 fully saturated rings. The fraction of sp³-hybridized carbons (Fsp3) is 0.286. The van der Waals surface area contributed by atoms with Crippen molar-refractivity contribution in [1.29, 1.82) is 0 Å². The first-order chi connectivity index (χ1) is 9.67. The number of nitrogens with zero attached hydrogens (tertiary/aromatic N) is 1. The molecule has 0 saturated heterocycles. The van der Waals surface area contributed by atoms with Crippen molar-refractivity contribution < 1.29 is 18.9 Å². The molecule has 0 atom stereocenters. The quantitative estimate of drug-likeness (QED) is 0.479. The monoisotopic (exact) mass is 291 g/mol. The summed E-state index contributed by atoms with van der Waals surface area (Å²) in [6, 6.07) is 4.61. The highest BCUT2D eigenvalue weighted by atomic mass is 16.6. The molecule has 0 saturated carbocycles. The Kier molecular flexibility index (Phi) is 3.51. The highest BCUT2D eigenvalue weighted by molar-refractivity contribution is 5.89. The number of carbonyl (C=O) groups is 1. The van der Waals surface area contributed by atoms with Crippen LogP contribution in [-0.4, -0.2) is 16.5 Å². The number of ether oxygens (including phenoxy) is 1. The van der Waals surface area contributed by atoms with Gasteiger partial charge in [0, 0.05) is 12.1 Å². The molecular weight excluding hydrogens is 278 g/mol. The first kappa shape index (κ1) is 14.7. The number of nitro groups is 1. The van der Waals surface area contributed by atoms with Gasteiger partial charge in [0.25, 0.3) is 5.69 Å². The van der Waals surface area contributed by atoms with E-state index in [1.54, 1.807) is 20.8 Å². The first-order valence-electron chi connectivity index (χ1n) is 6.13. The van der Waals surface area contributed by atoms with E-state index in [-0.39, 0.29) is 22.4 Å². The number of non-ortho nitro benzene ring substituents is 1. The van der Waals surface area contributed by atoms with Gasteiger partial charge in [0.15, 0.2) is 5.43 Å².